The average molecular weight is 477 g/mol. The molecule has 2 aromatic carbocycles. The Kier molecular flexibility index (Phi) is 6.87. The number of fused-ring (bicyclic) bond motifs is 1. The number of imidazole rings is 1. The van der Waals surface area contributed by atoms with Crippen molar-refractivity contribution in [3.8, 4) is 0 Å². The summed E-state index contributed by atoms with van der Waals surface area (Å²) in [5.41, 5.74) is 4.33. The smallest absolute Gasteiger partial charge is 0.251 e. The van der Waals surface area contributed by atoms with Gasteiger partial charge in [-0.3, -0.25) is 9.36 Å². The third kappa shape index (κ3) is 5.29. The number of nitrogens with one attached hydrogen (secondary N) is 1. The first-order chi connectivity index (χ1) is 16.7. The highest BCUT2D eigenvalue weighted by molar-refractivity contribution is 7.98. The number of amides is 1. The molecule has 0 aliphatic carbocycles. The summed E-state index contributed by atoms with van der Waals surface area (Å²) < 4.78 is 20.9. The molecule has 1 saturated heterocycles. The van der Waals surface area contributed by atoms with Crippen LogP contribution < -0.4 is 5.32 Å². The SMILES string of the molecule is O=C(NC[C@@H]1CCCO1)c1ccc(Cn2c(SCc3ccc(F)cc3)nc3cccnc32)cc1. The number of hydrogen-bond donors (Lipinski definition) is 1. The van der Waals surface area contributed by atoms with Gasteiger partial charge in [0.05, 0.1) is 12.6 Å². The molecule has 0 saturated carbocycles. The second-order valence-electron chi connectivity index (χ2n) is 8.28. The van der Waals surface area contributed by atoms with Crippen LogP contribution in [0.25, 0.3) is 11.2 Å². The second-order valence-corrected chi connectivity index (χ2v) is 9.23. The number of thioether (sulfide) groups is 1. The fourth-order valence-electron chi connectivity index (χ4n) is 3.98. The monoisotopic (exact) mass is 476 g/mol. The quantitative estimate of drug-likeness (QED) is 0.369. The molecule has 1 aliphatic heterocycles. The van der Waals surface area contributed by atoms with Gasteiger partial charge < -0.3 is 10.1 Å². The van der Waals surface area contributed by atoms with Gasteiger partial charge in [0, 0.05) is 30.7 Å². The maximum Gasteiger partial charge on any atom is 0.251 e. The van der Waals surface area contributed by atoms with Crippen molar-refractivity contribution in [3.63, 3.8) is 0 Å². The summed E-state index contributed by atoms with van der Waals surface area (Å²) in [6.45, 7) is 1.90. The van der Waals surface area contributed by atoms with E-state index in [1.807, 2.05) is 36.4 Å². The molecule has 5 rings (SSSR count). The average Bonchev–Trinajstić information content (AvgIpc) is 3.51. The standard InChI is InChI=1S/C26H25FN4O2S/c27-21-11-7-19(8-12-21)17-34-26-30-23-4-1-13-28-24(23)31(26)16-18-5-9-20(10-6-18)25(32)29-15-22-3-2-14-33-22/h1,4-13,22H,2-3,14-17H2,(H,29,32)/t22-/m0/s1. The lowest BCUT2D eigenvalue weighted by Crippen LogP contribution is -2.31. The largest absolute Gasteiger partial charge is 0.376 e. The first-order valence-electron chi connectivity index (χ1n) is 11.3. The Morgan fingerprint density at radius 3 is 2.68 bits per heavy atom. The Morgan fingerprint density at radius 1 is 1.12 bits per heavy atom. The Labute approximate surface area is 201 Å². The maximum absolute atomic E-state index is 13.2. The van der Waals surface area contributed by atoms with Gasteiger partial charge >= 0.3 is 0 Å². The molecule has 34 heavy (non-hydrogen) atoms. The number of rotatable bonds is 8. The van der Waals surface area contributed by atoms with Crippen LogP contribution in [0, 0.1) is 5.82 Å². The van der Waals surface area contributed by atoms with Crippen molar-refractivity contribution >= 4 is 28.8 Å². The summed E-state index contributed by atoms with van der Waals surface area (Å²) in [4.78, 5) is 21.8. The molecule has 6 nitrogen and oxygen atoms in total. The van der Waals surface area contributed by atoms with E-state index in [9.17, 15) is 9.18 Å². The van der Waals surface area contributed by atoms with Crippen molar-refractivity contribution in [1.29, 1.82) is 0 Å². The van der Waals surface area contributed by atoms with Gasteiger partial charge in [0.2, 0.25) is 0 Å². The number of carbonyl (C=O) groups excluding carboxylic acids is 1. The molecule has 8 heteroatoms. The number of aromatic nitrogens is 3. The normalized spacial score (nSPS) is 15.6. The van der Waals surface area contributed by atoms with Crippen LogP contribution in [0.2, 0.25) is 0 Å². The minimum Gasteiger partial charge on any atom is -0.376 e. The molecule has 0 radical (unpaired) electrons. The van der Waals surface area contributed by atoms with Crippen LogP contribution in [0.3, 0.4) is 0 Å². The molecule has 174 valence electrons. The zero-order valence-electron chi connectivity index (χ0n) is 18.6. The predicted octanol–water partition coefficient (Wildman–Crippen LogP) is 4.82. The zero-order valence-corrected chi connectivity index (χ0v) is 19.4. The third-order valence-corrected chi connectivity index (χ3v) is 6.87. The Hall–Kier alpha value is -3.23. The van der Waals surface area contributed by atoms with Crippen molar-refractivity contribution in [2.45, 2.75) is 36.4 Å². The number of carbonyl (C=O) groups is 1. The molecular weight excluding hydrogens is 451 g/mol. The summed E-state index contributed by atoms with van der Waals surface area (Å²) >= 11 is 1.59. The van der Waals surface area contributed by atoms with Crippen molar-refractivity contribution in [1.82, 2.24) is 19.9 Å². The molecule has 1 N–H and O–H groups in total. The van der Waals surface area contributed by atoms with Gasteiger partial charge in [-0.2, -0.15) is 0 Å². The van der Waals surface area contributed by atoms with E-state index in [0.717, 1.165) is 46.9 Å². The van der Waals surface area contributed by atoms with E-state index in [0.29, 0.717) is 24.4 Å². The zero-order chi connectivity index (χ0) is 23.3. The molecule has 3 heterocycles. The Bertz CT molecular complexity index is 1270. The first-order valence-corrected chi connectivity index (χ1v) is 12.3. The maximum atomic E-state index is 13.2. The third-order valence-electron chi connectivity index (χ3n) is 5.82. The summed E-state index contributed by atoms with van der Waals surface area (Å²) in [6.07, 6.45) is 3.93. The highest BCUT2D eigenvalue weighted by Crippen LogP contribution is 2.27. The molecule has 0 spiro atoms. The Morgan fingerprint density at radius 2 is 1.91 bits per heavy atom. The number of hydrogen-bond acceptors (Lipinski definition) is 5. The molecule has 4 aromatic rings. The summed E-state index contributed by atoms with van der Waals surface area (Å²) in [5, 5.41) is 3.80. The molecule has 0 bridgehead atoms. The van der Waals surface area contributed by atoms with E-state index in [1.165, 1.54) is 12.1 Å². The predicted molar refractivity (Wildman–Crippen MR) is 130 cm³/mol. The Balaban J connectivity index is 1.30. The van der Waals surface area contributed by atoms with Crippen LogP contribution in [0.5, 0.6) is 0 Å². The fraction of sp³-hybridized carbons (Fsp3) is 0.269. The van der Waals surface area contributed by atoms with Gasteiger partial charge in [0.15, 0.2) is 10.8 Å². The minimum absolute atomic E-state index is 0.0904. The molecule has 1 aliphatic rings. The summed E-state index contributed by atoms with van der Waals surface area (Å²) in [5.74, 6) is 0.342. The molecule has 0 unspecified atom stereocenters. The van der Waals surface area contributed by atoms with E-state index in [1.54, 1.807) is 30.1 Å². The van der Waals surface area contributed by atoms with Gasteiger partial charge in [-0.05, 0) is 60.4 Å². The number of benzene rings is 2. The van der Waals surface area contributed by atoms with Gasteiger partial charge in [-0.1, -0.05) is 36.0 Å². The van der Waals surface area contributed by atoms with Crippen LogP contribution >= 0.6 is 11.8 Å². The topological polar surface area (TPSA) is 69.0 Å². The fourth-order valence-corrected chi connectivity index (χ4v) is 4.93. The van der Waals surface area contributed by atoms with Crippen LogP contribution in [0.15, 0.2) is 72.0 Å². The molecule has 1 amide bonds. The lowest BCUT2D eigenvalue weighted by molar-refractivity contribution is 0.0858. The van der Waals surface area contributed by atoms with Gasteiger partial charge in [-0.15, -0.1) is 0 Å². The van der Waals surface area contributed by atoms with E-state index >= 15 is 0 Å². The highest BCUT2D eigenvalue weighted by atomic mass is 32.2. The van der Waals surface area contributed by atoms with Crippen molar-refractivity contribution in [2.24, 2.45) is 0 Å². The van der Waals surface area contributed by atoms with Gasteiger partial charge in [0.1, 0.15) is 11.3 Å². The van der Waals surface area contributed by atoms with Crippen LogP contribution in [-0.2, 0) is 17.0 Å². The molecule has 2 aromatic heterocycles. The van der Waals surface area contributed by atoms with Crippen molar-refractivity contribution in [3.05, 3.63) is 89.4 Å². The van der Waals surface area contributed by atoms with Gasteiger partial charge in [0.25, 0.3) is 5.91 Å². The molecular formula is C26H25FN4O2S. The molecule has 1 fully saturated rings. The van der Waals surface area contributed by atoms with Crippen LogP contribution in [0.1, 0.15) is 34.3 Å². The minimum atomic E-state index is -0.241. The van der Waals surface area contributed by atoms with Crippen LogP contribution in [-0.4, -0.2) is 39.7 Å². The lowest BCUT2D eigenvalue weighted by Gasteiger charge is -2.12. The number of nitrogens with zero attached hydrogens (tertiary/aromatic N) is 3. The number of halogens is 1. The van der Waals surface area contributed by atoms with E-state index in [-0.39, 0.29) is 17.8 Å². The second kappa shape index (κ2) is 10.4. The summed E-state index contributed by atoms with van der Waals surface area (Å²) in [6, 6.07) is 18.0. The van der Waals surface area contributed by atoms with E-state index < -0.39 is 0 Å². The summed E-state index contributed by atoms with van der Waals surface area (Å²) in [7, 11) is 0. The van der Waals surface area contributed by atoms with Gasteiger partial charge in [-0.25, -0.2) is 14.4 Å². The number of ether oxygens (including phenoxy) is 1. The van der Waals surface area contributed by atoms with E-state index in [2.05, 4.69) is 14.9 Å². The highest BCUT2D eigenvalue weighted by Gasteiger charge is 2.17. The molecule has 1 atom stereocenters. The van der Waals surface area contributed by atoms with E-state index in [4.69, 9.17) is 9.72 Å². The van der Waals surface area contributed by atoms with Crippen LogP contribution in [0.4, 0.5) is 4.39 Å². The lowest BCUT2D eigenvalue weighted by atomic mass is 10.1. The van der Waals surface area contributed by atoms with Crippen molar-refractivity contribution < 1.29 is 13.9 Å². The first kappa shape index (κ1) is 22.6. The van der Waals surface area contributed by atoms with Crippen molar-refractivity contribution in [2.75, 3.05) is 13.2 Å². The number of pyridine rings is 1.